The van der Waals surface area contributed by atoms with Gasteiger partial charge in [-0.2, -0.15) is 5.10 Å². The molecular weight excluding hydrogens is 370 g/mol. The standard InChI is InChI=1S/C22H21N3O4/c1-12(2)16-10-17-15(9-19(26)29-18(17)8-13(16)3)11-28-22(27)20-14(4)24-25-7-5-6-23-21(20)25/h5-10,12H,11H2,1-4H3. The minimum absolute atomic E-state index is 0.0505. The zero-order valence-corrected chi connectivity index (χ0v) is 16.7. The Morgan fingerprint density at radius 3 is 2.79 bits per heavy atom. The van der Waals surface area contributed by atoms with Crippen LogP contribution >= 0.6 is 0 Å². The molecule has 3 heterocycles. The molecule has 0 saturated carbocycles. The van der Waals surface area contributed by atoms with E-state index in [9.17, 15) is 9.59 Å². The van der Waals surface area contributed by atoms with Crippen molar-refractivity contribution in [1.82, 2.24) is 14.6 Å². The molecule has 0 unspecified atom stereocenters. The van der Waals surface area contributed by atoms with E-state index in [-0.39, 0.29) is 6.61 Å². The van der Waals surface area contributed by atoms with Crippen LogP contribution in [0.25, 0.3) is 16.6 Å². The van der Waals surface area contributed by atoms with E-state index < -0.39 is 11.6 Å². The highest BCUT2D eigenvalue weighted by Crippen LogP contribution is 2.27. The SMILES string of the molecule is Cc1cc2oc(=O)cc(COC(=O)c3c(C)nn4cccnc34)c2cc1C(C)C. The van der Waals surface area contributed by atoms with Gasteiger partial charge >= 0.3 is 11.6 Å². The molecule has 0 aliphatic heterocycles. The summed E-state index contributed by atoms with van der Waals surface area (Å²) in [4.78, 5) is 29.0. The van der Waals surface area contributed by atoms with Crippen LogP contribution in [0.2, 0.25) is 0 Å². The Bertz CT molecular complexity index is 1300. The number of aryl methyl sites for hydroxylation is 2. The molecule has 1 aromatic carbocycles. The molecule has 148 valence electrons. The van der Waals surface area contributed by atoms with E-state index in [0.29, 0.717) is 34.0 Å². The molecule has 4 aromatic rings. The van der Waals surface area contributed by atoms with Gasteiger partial charge in [0.25, 0.3) is 0 Å². The highest BCUT2D eigenvalue weighted by Gasteiger charge is 2.20. The van der Waals surface area contributed by atoms with Crippen LogP contribution in [0, 0.1) is 13.8 Å². The Morgan fingerprint density at radius 2 is 2.03 bits per heavy atom. The van der Waals surface area contributed by atoms with Crippen molar-refractivity contribution in [2.75, 3.05) is 0 Å². The highest BCUT2D eigenvalue weighted by atomic mass is 16.5. The lowest BCUT2D eigenvalue weighted by Crippen LogP contribution is -2.09. The van der Waals surface area contributed by atoms with Crippen molar-refractivity contribution in [1.29, 1.82) is 0 Å². The van der Waals surface area contributed by atoms with Crippen LogP contribution in [0.4, 0.5) is 0 Å². The van der Waals surface area contributed by atoms with E-state index in [1.807, 2.05) is 19.1 Å². The van der Waals surface area contributed by atoms with Gasteiger partial charge in [0.1, 0.15) is 17.8 Å². The number of fused-ring (bicyclic) bond motifs is 2. The van der Waals surface area contributed by atoms with E-state index in [1.165, 1.54) is 10.6 Å². The van der Waals surface area contributed by atoms with Crippen molar-refractivity contribution in [3.05, 3.63) is 75.0 Å². The fourth-order valence-corrected chi connectivity index (χ4v) is 3.58. The summed E-state index contributed by atoms with van der Waals surface area (Å²) in [6.45, 7) is 7.88. The molecule has 29 heavy (non-hydrogen) atoms. The Kier molecular flexibility index (Phi) is 4.66. The van der Waals surface area contributed by atoms with Crippen LogP contribution in [-0.2, 0) is 11.3 Å². The Balaban J connectivity index is 1.70. The number of hydrogen-bond donors (Lipinski definition) is 0. The van der Waals surface area contributed by atoms with Crippen LogP contribution < -0.4 is 5.63 Å². The first-order valence-corrected chi connectivity index (χ1v) is 9.39. The number of hydrogen-bond acceptors (Lipinski definition) is 6. The van der Waals surface area contributed by atoms with Gasteiger partial charge in [0.2, 0.25) is 0 Å². The van der Waals surface area contributed by atoms with Crippen LogP contribution in [0.1, 0.15) is 52.5 Å². The predicted octanol–water partition coefficient (Wildman–Crippen LogP) is 3.93. The number of ether oxygens (including phenoxy) is 1. The second kappa shape index (κ2) is 7.16. The molecule has 4 rings (SSSR count). The molecule has 0 saturated heterocycles. The van der Waals surface area contributed by atoms with Gasteiger partial charge in [0, 0.05) is 29.4 Å². The fraction of sp³-hybridized carbons (Fsp3) is 0.273. The van der Waals surface area contributed by atoms with E-state index in [0.717, 1.165) is 16.5 Å². The number of aromatic nitrogens is 3. The van der Waals surface area contributed by atoms with Gasteiger partial charge < -0.3 is 9.15 Å². The first kappa shape index (κ1) is 18.9. The maximum absolute atomic E-state index is 12.7. The van der Waals surface area contributed by atoms with E-state index in [2.05, 4.69) is 23.9 Å². The Morgan fingerprint density at radius 1 is 1.24 bits per heavy atom. The van der Waals surface area contributed by atoms with Crippen molar-refractivity contribution in [2.45, 2.75) is 40.2 Å². The number of esters is 1. The van der Waals surface area contributed by atoms with Crippen molar-refractivity contribution in [3.63, 3.8) is 0 Å². The van der Waals surface area contributed by atoms with Gasteiger partial charge in [0.05, 0.1) is 5.69 Å². The molecule has 7 heteroatoms. The summed E-state index contributed by atoms with van der Waals surface area (Å²) in [6, 6.07) is 6.97. The molecule has 0 fully saturated rings. The van der Waals surface area contributed by atoms with Crippen LogP contribution in [0.3, 0.4) is 0 Å². The molecular formula is C22H21N3O4. The van der Waals surface area contributed by atoms with Crippen molar-refractivity contribution >= 4 is 22.6 Å². The first-order chi connectivity index (χ1) is 13.8. The maximum atomic E-state index is 12.7. The maximum Gasteiger partial charge on any atom is 0.344 e. The van der Waals surface area contributed by atoms with Gasteiger partial charge in [-0.3, -0.25) is 0 Å². The molecule has 3 aromatic heterocycles. The lowest BCUT2D eigenvalue weighted by molar-refractivity contribution is 0.0475. The van der Waals surface area contributed by atoms with E-state index in [4.69, 9.17) is 9.15 Å². The molecule has 0 atom stereocenters. The molecule has 7 nitrogen and oxygen atoms in total. The van der Waals surface area contributed by atoms with Gasteiger partial charge in [-0.15, -0.1) is 0 Å². The molecule has 0 N–H and O–H groups in total. The average molecular weight is 391 g/mol. The van der Waals surface area contributed by atoms with Crippen molar-refractivity contribution in [3.8, 4) is 0 Å². The van der Waals surface area contributed by atoms with Gasteiger partial charge in [-0.05, 0) is 49.1 Å². The fourth-order valence-electron chi connectivity index (χ4n) is 3.58. The average Bonchev–Trinajstić information content (AvgIpc) is 3.00. The molecule has 0 spiro atoms. The minimum atomic E-state index is -0.534. The highest BCUT2D eigenvalue weighted by molar-refractivity contribution is 5.97. The zero-order valence-electron chi connectivity index (χ0n) is 16.7. The van der Waals surface area contributed by atoms with Crippen LogP contribution in [0.5, 0.6) is 0 Å². The van der Waals surface area contributed by atoms with Gasteiger partial charge in [0.15, 0.2) is 5.65 Å². The predicted molar refractivity (Wildman–Crippen MR) is 108 cm³/mol. The third kappa shape index (κ3) is 3.40. The van der Waals surface area contributed by atoms with E-state index >= 15 is 0 Å². The first-order valence-electron chi connectivity index (χ1n) is 9.39. The lowest BCUT2D eigenvalue weighted by Gasteiger charge is -2.13. The molecule has 0 aliphatic carbocycles. The Hall–Kier alpha value is -3.48. The summed E-state index contributed by atoms with van der Waals surface area (Å²) < 4.78 is 12.4. The van der Waals surface area contributed by atoms with Crippen molar-refractivity contribution < 1.29 is 13.9 Å². The summed E-state index contributed by atoms with van der Waals surface area (Å²) in [5.41, 5.74) is 4.10. The largest absolute Gasteiger partial charge is 0.457 e. The number of rotatable bonds is 4. The zero-order chi connectivity index (χ0) is 20.7. The third-order valence-electron chi connectivity index (χ3n) is 4.97. The molecule has 0 amide bonds. The second-order valence-corrected chi connectivity index (χ2v) is 7.37. The van der Waals surface area contributed by atoms with Gasteiger partial charge in [-0.25, -0.2) is 19.1 Å². The van der Waals surface area contributed by atoms with Crippen LogP contribution in [0.15, 0.2) is 45.9 Å². The van der Waals surface area contributed by atoms with E-state index in [1.54, 1.807) is 25.4 Å². The lowest BCUT2D eigenvalue weighted by atomic mass is 9.95. The summed E-state index contributed by atoms with van der Waals surface area (Å²) in [6.07, 6.45) is 3.32. The smallest absolute Gasteiger partial charge is 0.344 e. The molecule has 0 bridgehead atoms. The summed E-state index contributed by atoms with van der Waals surface area (Å²) in [5, 5.41) is 5.05. The molecule has 0 radical (unpaired) electrons. The monoisotopic (exact) mass is 391 g/mol. The summed E-state index contributed by atoms with van der Waals surface area (Å²) >= 11 is 0. The minimum Gasteiger partial charge on any atom is -0.457 e. The summed E-state index contributed by atoms with van der Waals surface area (Å²) in [5.74, 6) is -0.219. The van der Waals surface area contributed by atoms with Crippen LogP contribution in [-0.4, -0.2) is 20.6 Å². The summed E-state index contributed by atoms with van der Waals surface area (Å²) in [7, 11) is 0. The third-order valence-corrected chi connectivity index (χ3v) is 4.97. The topological polar surface area (TPSA) is 86.7 Å². The van der Waals surface area contributed by atoms with Crippen molar-refractivity contribution in [2.24, 2.45) is 0 Å². The normalized spacial score (nSPS) is 11.5. The molecule has 0 aliphatic rings. The van der Waals surface area contributed by atoms with Gasteiger partial charge in [-0.1, -0.05) is 13.8 Å². The quantitative estimate of drug-likeness (QED) is 0.387. The number of benzene rings is 1. The second-order valence-electron chi connectivity index (χ2n) is 7.37. The Labute approximate surface area is 166 Å². The number of carbonyl (C=O) groups is 1. The number of carbonyl (C=O) groups excluding carboxylic acids is 1. The number of nitrogens with zero attached hydrogens (tertiary/aromatic N) is 3.